The van der Waals surface area contributed by atoms with Gasteiger partial charge in [-0.15, -0.1) is 10.2 Å². The molecule has 0 saturated heterocycles. The van der Waals surface area contributed by atoms with Gasteiger partial charge in [0.1, 0.15) is 5.82 Å². The van der Waals surface area contributed by atoms with Crippen LogP contribution in [0.25, 0.3) is 16.3 Å². The molecule has 2 heterocycles. The second kappa shape index (κ2) is 5.06. The van der Waals surface area contributed by atoms with Gasteiger partial charge in [0.15, 0.2) is 10.8 Å². The third-order valence-corrected chi connectivity index (χ3v) is 3.99. The van der Waals surface area contributed by atoms with Gasteiger partial charge in [0, 0.05) is 5.02 Å². The summed E-state index contributed by atoms with van der Waals surface area (Å²) in [7, 11) is 0. The maximum atomic E-state index is 13.9. The Kier molecular flexibility index (Phi) is 3.52. The van der Waals surface area contributed by atoms with Crippen molar-refractivity contribution in [2.24, 2.45) is 0 Å². The van der Waals surface area contributed by atoms with Crippen molar-refractivity contribution in [3.05, 3.63) is 34.0 Å². The van der Waals surface area contributed by atoms with Crippen LogP contribution in [0.3, 0.4) is 0 Å². The van der Waals surface area contributed by atoms with Crippen LogP contribution in [0.1, 0.15) is 5.01 Å². The van der Waals surface area contributed by atoms with Crippen LogP contribution in [0.15, 0.2) is 18.2 Å². The molecular formula is C11H3ClF6N4S. The Morgan fingerprint density at radius 3 is 2.39 bits per heavy atom. The first-order valence-corrected chi connectivity index (χ1v) is 6.93. The Hall–Kier alpha value is -1.88. The first-order chi connectivity index (χ1) is 10.6. The van der Waals surface area contributed by atoms with E-state index < -0.39 is 22.9 Å². The summed E-state index contributed by atoms with van der Waals surface area (Å²) in [5, 5.41) is 8.76. The fraction of sp³-hybridized carbons (Fsp3) is 0.182. The van der Waals surface area contributed by atoms with Crippen molar-refractivity contribution in [1.82, 2.24) is 19.8 Å². The molecule has 0 atom stereocenters. The van der Waals surface area contributed by atoms with Crippen LogP contribution in [0.4, 0.5) is 26.3 Å². The Balaban J connectivity index is 2.15. The zero-order valence-electron chi connectivity index (χ0n) is 10.6. The molecule has 0 aliphatic heterocycles. The van der Waals surface area contributed by atoms with E-state index in [4.69, 9.17) is 11.6 Å². The molecular weight excluding hydrogens is 370 g/mol. The van der Waals surface area contributed by atoms with Crippen LogP contribution in [0.5, 0.6) is 0 Å². The number of alkyl halides is 5. The SMILES string of the molecule is Fc1cc(Cl)ccc1-c1nnc2sc(C(F)(F)C(F)(F)F)nn12. The van der Waals surface area contributed by atoms with Crippen LogP contribution in [-0.4, -0.2) is 26.0 Å². The number of hydrogen-bond acceptors (Lipinski definition) is 4. The van der Waals surface area contributed by atoms with Gasteiger partial charge in [0.05, 0.1) is 5.56 Å². The largest absolute Gasteiger partial charge is 0.460 e. The molecule has 0 spiro atoms. The minimum atomic E-state index is -5.80. The van der Waals surface area contributed by atoms with E-state index in [2.05, 4.69) is 15.3 Å². The number of aromatic nitrogens is 4. The molecule has 0 bridgehead atoms. The van der Waals surface area contributed by atoms with Crippen LogP contribution >= 0.6 is 22.9 Å². The number of fused-ring (bicyclic) bond motifs is 1. The average molecular weight is 373 g/mol. The highest BCUT2D eigenvalue weighted by molar-refractivity contribution is 7.16. The van der Waals surface area contributed by atoms with Gasteiger partial charge in [0.25, 0.3) is 0 Å². The van der Waals surface area contributed by atoms with E-state index in [9.17, 15) is 26.3 Å². The summed E-state index contributed by atoms with van der Waals surface area (Å²) in [6.45, 7) is 0. The zero-order valence-corrected chi connectivity index (χ0v) is 12.1. The molecule has 0 saturated carbocycles. The molecule has 122 valence electrons. The Bertz CT molecular complexity index is 886. The number of halogens is 7. The number of rotatable bonds is 2. The minimum Gasteiger partial charge on any atom is -0.206 e. The summed E-state index contributed by atoms with van der Waals surface area (Å²) < 4.78 is 78.3. The van der Waals surface area contributed by atoms with Crippen molar-refractivity contribution >= 4 is 27.9 Å². The van der Waals surface area contributed by atoms with E-state index in [-0.39, 0.29) is 32.7 Å². The highest BCUT2D eigenvalue weighted by Gasteiger charge is 2.61. The van der Waals surface area contributed by atoms with Crippen LogP contribution in [0.2, 0.25) is 5.02 Å². The van der Waals surface area contributed by atoms with Gasteiger partial charge in [-0.05, 0) is 18.2 Å². The van der Waals surface area contributed by atoms with E-state index in [1.807, 2.05) is 0 Å². The molecule has 0 radical (unpaired) electrons. The summed E-state index contributed by atoms with van der Waals surface area (Å²) >= 11 is 5.61. The fourth-order valence-electron chi connectivity index (χ4n) is 1.70. The second-order valence-corrected chi connectivity index (χ2v) is 5.71. The van der Waals surface area contributed by atoms with Crippen molar-refractivity contribution in [1.29, 1.82) is 0 Å². The van der Waals surface area contributed by atoms with Crippen molar-refractivity contribution in [3.63, 3.8) is 0 Å². The van der Waals surface area contributed by atoms with Gasteiger partial charge in [-0.25, -0.2) is 4.39 Å². The summed E-state index contributed by atoms with van der Waals surface area (Å²) in [6, 6.07) is 3.43. The van der Waals surface area contributed by atoms with Gasteiger partial charge in [-0.1, -0.05) is 22.9 Å². The molecule has 1 aromatic carbocycles. The highest BCUT2D eigenvalue weighted by atomic mass is 35.5. The maximum Gasteiger partial charge on any atom is 0.460 e. The smallest absolute Gasteiger partial charge is 0.206 e. The topological polar surface area (TPSA) is 43.1 Å². The number of nitrogens with zero attached hydrogens (tertiary/aromatic N) is 4. The van der Waals surface area contributed by atoms with Crippen LogP contribution < -0.4 is 0 Å². The lowest BCUT2D eigenvalue weighted by molar-refractivity contribution is -0.289. The van der Waals surface area contributed by atoms with Gasteiger partial charge in [0.2, 0.25) is 4.96 Å². The maximum absolute atomic E-state index is 13.9. The first-order valence-electron chi connectivity index (χ1n) is 5.74. The molecule has 4 nitrogen and oxygen atoms in total. The standard InChI is InChI=1S/C11H3ClF6N4S/c12-4-1-2-5(6(13)3-4)7-19-20-9-22(7)21-8(23-9)10(14,15)11(16,17)18/h1-3H. The lowest BCUT2D eigenvalue weighted by Gasteiger charge is -2.15. The van der Waals surface area contributed by atoms with Gasteiger partial charge < -0.3 is 0 Å². The van der Waals surface area contributed by atoms with Gasteiger partial charge in [-0.3, -0.25) is 0 Å². The fourth-order valence-corrected chi connectivity index (χ4v) is 2.70. The molecule has 2 aromatic heterocycles. The summed E-state index contributed by atoms with van der Waals surface area (Å²) in [6.07, 6.45) is -5.80. The van der Waals surface area contributed by atoms with Crippen molar-refractivity contribution in [2.45, 2.75) is 12.1 Å². The average Bonchev–Trinajstić information content (AvgIpc) is 2.98. The molecule has 0 aliphatic carbocycles. The third kappa shape index (κ3) is 2.53. The second-order valence-electron chi connectivity index (χ2n) is 4.32. The normalized spacial score (nSPS) is 13.0. The van der Waals surface area contributed by atoms with Gasteiger partial charge >= 0.3 is 12.1 Å². The minimum absolute atomic E-state index is 0.0153. The molecule has 23 heavy (non-hydrogen) atoms. The van der Waals surface area contributed by atoms with E-state index in [0.717, 1.165) is 6.07 Å². The first kappa shape index (κ1) is 16.0. The summed E-state index contributed by atoms with van der Waals surface area (Å²) in [5.41, 5.74) is -0.186. The Morgan fingerprint density at radius 2 is 1.78 bits per heavy atom. The molecule has 0 fully saturated rings. The Morgan fingerprint density at radius 1 is 1.09 bits per heavy atom. The predicted molar refractivity (Wildman–Crippen MR) is 69.0 cm³/mol. The van der Waals surface area contributed by atoms with E-state index in [1.54, 1.807) is 0 Å². The monoisotopic (exact) mass is 372 g/mol. The number of benzene rings is 1. The van der Waals surface area contributed by atoms with E-state index >= 15 is 0 Å². The zero-order chi connectivity index (χ0) is 17.0. The molecule has 12 heteroatoms. The molecule has 0 aliphatic rings. The van der Waals surface area contributed by atoms with E-state index in [0.29, 0.717) is 4.52 Å². The van der Waals surface area contributed by atoms with Crippen LogP contribution in [-0.2, 0) is 5.92 Å². The van der Waals surface area contributed by atoms with Crippen LogP contribution in [0, 0.1) is 5.82 Å². The molecule has 0 unspecified atom stereocenters. The van der Waals surface area contributed by atoms with Crippen molar-refractivity contribution in [2.75, 3.05) is 0 Å². The molecule has 3 rings (SSSR count). The lowest BCUT2D eigenvalue weighted by Crippen LogP contribution is -2.33. The number of hydrogen-bond donors (Lipinski definition) is 0. The van der Waals surface area contributed by atoms with Crippen molar-refractivity contribution in [3.8, 4) is 11.4 Å². The quantitative estimate of drug-likeness (QED) is 0.630. The van der Waals surface area contributed by atoms with Crippen molar-refractivity contribution < 1.29 is 26.3 Å². The molecule has 3 aromatic rings. The van der Waals surface area contributed by atoms with E-state index in [1.165, 1.54) is 12.1 Å². The predicted octanol–water partition coefficient (Wildman–Crippen LogP) is 4.30. The summed E-state index contributed by atoms with van der Waals surface area (Å²) in [4.78, 5) is -0.326. The van der Waals surface area contributed by atoms with Gasteiger partial charge in [-0.2, -0.15) is 31.6 Å². The molecule has 0 N–H and O–H groups in total. The third-order valence-electron chi connectivity index (χ3n) is 2.79. The summed E-state index contributed by atoms with van der Waals surface area (Å²) in [5.74, 6) is -6.30. The molecule has 0 amide bonds. The Labute approximate surface area is 132 Å². The highest BCUT2D eigenvalue weighted by Crippen LogP contribution is 2.45. The lowest BCUT2D eigenvalue weighted by atomic mass is 10.2.